The van der Waals surface area contributed by atoms with E-state index in [1.54, 1.807) is 12.1 Å². The fourth-order valence-corrected chi connectivity index (χ4v) is 1.77. The van der Waals surface area contributed by atoms with Crippen molar-refractivity contribution in [1.29, 1.82) is 0 Å². The van der Waals surface area contributed by atoms with Crippen molar-refractivity contribution in [1.82, 2.24) is 5.32 Å². The molecular weight excluding hydrogens is 274 g/mol. The van der Waals surface area contributed by atoms with Gasteiger partial charge >= 0.3 is 5.97 Å². The molecule has 2 rings (SSSR count). The Labute approximate surface area is 122 Å². The van der Waals surface area contributed by atoms with E-state index in [1.807, 2.05) is 18.2 Å². The van der Waals surface area contributed by atoms with Crippen LogP contribution in [0.4, 0.5) is 0 Å². The Morgan fingerprint density at radius 1 is 1.33 bits per heavy atom. The highest BCUT2D eigenvalue weighted by Crippen LogP contribution is 2.19. The second-order valence-corrected chi connectivity index (χ2v) is 4.48. The lowest BCUT2D eigenvalue weighted by Crippen LogP contribution is -2.37. The molecule has 6 nitrogen and oxygen atoms in total. The van der Waals surface area contributed by atoms with Gasteiger partial charge in [0.1, 0.15) is 5.58 Å². The van der Waals surface area contributed by atoms with Crippen LogP contribution < -0.4 is 5.32 Å². The number of esters is 1. The van der Waals surface area contributed by atoms with Gasteiger partial charge < -0.3 is 19.2 Å². The van der Waals surface area contributed by atoms with Crippen LogP contribution in [0.25, 0.3) is 11.0 Å². The zero-order valence-electron chi connectivity index (χ0n) is 11.9. The highest BCUT2D eigenvalue weighted by molar-refractivity contribution is 5.94. The van der Waals surface area contributed by atoms with Crippen LogP contribution in [-0.2, 0) is 14.3 Å². The van der Waals surface area contributed by atoms with Gasteiger partial charge in [0, 0.05) is 19.0 Å². The molecule has 21 heavy (non-hydrogen) atoms. The molecule has 0 radical (unpaired) electrons. The van der Waals surface area contributed by atoms with Gasteiger partial charge in [-0.05, 0) is 19.1 Å². The maximum atomic E-state index is 11.9. The van der Waals surface area contributed by atoms with Crippen molar-refractivity contribution in [2.75, 3.05) is 20.3 Å². The molecule has 6 heteroatoms. The number of rotatable bonds is 6. The first-order chi connectivity index (χ1) is 10.1. The number of carbonyl (C=O) groups is 2. The first kappa shape index (κ1) is 15.1. The summed E-state index contributed by atoms with van der Waals surface area (Å²) in [5.41, 5.74) is 0.599. The normalized spacial score (nSPS) is 12.1. The van der Waals surface area contributed by atoms with Crippen LogP contribution in [0.1, 0.15) is 17.5 Å². The topological polar surface area (TPSA) is 77.8 Å². The van der Waals surface area contributed by atoms with Gasteiger partial charge in [-0.25, -0.2) is 4.79 Å². The molecule has 0 bridgehead atoms. The first-order valence-corrected chi connectivity index (χ1v) is 6.58. The monoisotopic (exact) mass is 291 g/mol. The van der Waals surface area contributed by atoms with Gasteiger partial charge in [0.05, 0.1) is 6.61 Å². The highest BCUT2D eigenvalue weighted by Gasteiger charge is 2.21. The molecule has 0 aliphatic carbocycles. The summed E-state index contributed by atoms with van der Waals surface area (Å²) >= 11 is 0. The van der Waals surface area contributed by atoms with Crippen LogP contribution in [-0.4, -0.2) is 38.2 Å². The number of hydrogen-bond acceptors (Lipinski definition) is 5. The summed E-state index contributed by atoms with van der Waals surface area (Å²) in [7, 11) is 1.54. The molecule has 1 aromatic carbocycles. The molecule has 0 aliphatic heterocycles. The minimum atomic E-state index is -0.900. The van der Waals surface area contributed by atoms with Gasteiger partial charge in [-0.15, -0.1) is 0 Å². The van der Waals surface area contributed by atoms with Crippen LogP contribution in [0.3, 0.4) is 0 Å². The van der Waals surface area contributed by atoms with E-state index in [-0.39, 0.29) is 11.7 Å². The van der Waals surface area contributed by atoms with E-state index < -0.39 is 12.1 Å². The lowest BCUT2D eigenvalue weighted by Gasteiger charge is -2.12. The van der Waals surface area contributed by atoms with Crippen LogP contribution in [0, 0.1) is 0 Å². The Hall–Kier alpha value is -2.34. The summed E-state index contributed by atoms with van der Waals surface area (Å²) in [4.78, 5) is 23.6. The van der Waals surface area contributed by atoms with E-state index in [0.29, 0.717) is 18.7 Å². The average Bonchev–Trinajstić information content (AvgIpc) is 2.91. The summed E-state index contributed by atoms with van der Waals surface area (Å²) in [6.45, 7) is 2.26. The van der Waals surface area contributed by atoms with Gasteiger partial charge in [0.2, 0.25) is 5.76 Å². The molecule has 112 valence electrons. The van der Waals surface area contributed by atoms with Crippen LogP contribution >= 0.6 is 0 Å². The SMILES string of the molecule is COCCNC(=O)[C@H](C)OC(=O)c1cc2ccccc2o1. The Kier molecular flexibility index (Phi) is 4.94. The Bertz CT molecular complexity index is 601. The summed E-state index contributed by atoms with van der Waals surface area (Å²) in [5, 5.41) is 3.40. The summed E-state index contributed by atoms with van der Waals surface area (Å²) in [6, 6.07) is 8.84. The third kappa shape index (κ3) is 3.82. The Morgan fingerprint density at radius 3 is 2.81 bits per heavy atom. The maximum Gasteiger partial charge on any atom is 0.375 e. The van der Waals surface area contributed by atoms with E-state index in [0.717, 1.165) is 5.39 Å². The van der Waals surface area contributed by atoms with Crippen LogP contribution in [0.15, 0.2) is 34.7 Å². The predicted octanol–water partition coefficient (Wildman–Crippen LogP) is 1.74. The summed E-state index contributed by atoms with van der Waals surface area (Å²) in [6.07, 6.45) is -0.900. The largest absolute Gasteiger partial charge is 0.449 e. The number of methoxy groups -OCH3 is 1. The van der Waals surface area contributed by atoms with Crippen LogP contribution in [0.5, 0.6) is 0 Å². The van der Waals surface area contributed by atoms with Gasteiger partial charge in [-0.2, -0.15) is 0 Å². The van der Waals surface area contributed by atoms with Crippen molar-refractivity contribution in [3.05, 3.63) is 36.1 Å². The number of furan rings is 1. The number of benzene rings is 1. The quantitative estimate of drug-likeness (QED) is 0.648. The van der Waals surface area contributed by atoms with Gasteiger partial charge in [-0.3, -0.25) is 4.79 Å². The Balaban J connectivity index is 1.95. The number of nitrogens with one attached hydrogen (secondary N) is 1. The molecule has 0 aliphatic rings. The molecule has 0 saturated carbocycles. The minimum Gasteiger partial charge on any atom is -0.449 e. The summed E-state index contributed by atoms with van der Waals surface area (Å²) in [5.74, 6) is -0.968. The van der Waals surface area contributed by atoms with Crippen molar-refractivity contribution < 1.29 is 23.5 Å². The molecule has 2 aromatic rings. The van der Waals surface area contributed by atoms with Crippen LogP contribution in [0.2, 0.25) is 0 Å². The first-order valence-electron chi connectivity index (χ1n) is 6.58. The summed E-state index contributed by atoms with van der Waals surface area (Å²) < 4.78 is 15.3. The molecule has 1 amide bonds. The van der Waals surface area contributed by atoms with Crippen molar-refractivity contribution in [2.45, 2.75) is 13.0 Å². The predicted molar refractivity (Wildman–Crippen MR) is 76.0 cm³/mol. The fraction of sp³-hybridized carbons (Fsp3) is 0.333. The Morgan fingerprint density at radius 2 is 2.10 bits per heavy atom. The number of hydrogen-bond donors (Lipinski definition) is 1. The fourth-order valence-electron chi connectivity index (χ4n) is 1.77. The lowest BCUT2D eigenvalue weighted by atomic mass is 10.2. The van der Waals surface area contributed by atoms with Gasteiger partial charge in [-0.1, -0.05) is 18.2 Å². The molecule has 0 saturated heterocycles. The maximum absolute atomic E-state index is 11.9. The van der Waals surface area contributed by atoms with Crippen molar-refractivity contribution in [2.24, 2.45) is 0 Å². The number of amides is 1. The van der Waals surface area contributed by atoms with E-state index in [4.69, 9.17) is 13.9 Å². The lowest BCUT2D eigenvalue weighted by molar-refractivity contribution is -0.129. The molecule has 1 atom stereocenters. The third-order valence-corrected chi connectivity index (χ3v) is 2.89. The standard InChI is InChI=1S/C15H17NO5/c1-10(14(17)16-7-8-19-2)20-15(18)13-9-11-5-3-4-6-12(11)21-13/h3-6,9-10H,7-8H2,1-2H3,(H,16,17)/t10-/m0/s1. The second kappa shape index (κ2) is 6.90. The van der Waals surface area contributed by atoms with E-state index in [1.165, 1.54) is 14.0 Å². The highest BCUT2D eigenvalue weighted by atomic mass is 16.6. The molecule has 1 heterocycles. The zero-order valence-corrected chi connectivity index (χ0v) is 11.9. The van der Waals surface area contributed by atoms with E-state index >= 15 is 0 Å². The zero-order chi connectivity index (χ0) is 15.2. The number of fused-ring (bicyclic) bond motifs is 1. The van der Waals surface area contributed by atoms with Gasteiger partial charge in [0.15, 0.2) is 6.10 Å². The molecule has 0 unspecified atom stereocenters. The third-order valence-electron chi connectivity index (χ3n) is 2.89. The van der Waals surface area contributed by atoms with E-state index in [2.05, 4.69) is 5.32 Å². The van der Waals surface area contributed by atoms with E-state index in [9.17, 15) is 9.59 Å². The molecule has 1 aromatic heterocycles. The second-order valence-electron chi connectivity index (χ2n) is 4.48. The molecule has 1 N–H and O–H groups in total. The van der Waals surface area contributed by atoms with Gasteiger partial charge in [0.25, 0.3) is 5.91 Å². The van der Waals surface area contributed by atoms with Crippen molar-refractivity contribution in [3.63, 3.8) is 0 Å². The number of carbonyl (C=O) groups excluding carboxylic acids is 2. The minimum absolute atomic E-state index is 0.0766. The van der Waals surface area contributed by atoms with Crippen molar-refractivity contribution in [3.8, 4) is 0 Å². The number of para-hydroxylation sites is 1. The average molecular weight is 291 g/mol. The number of ether oxygens (including phenoxy) is 2. The molecule has 0 spiro atoms. The smallest absolute Gasteiger partial charge is 0.375 e. The molecular formula is C15H17NO5. The van der Waals surface area contributed by atoms with Crippen molar-refractivity contribution >= 4 is 22.8 Å². The molecule has 0 fully saturated rings.